The number of hydrogen-bond acceptors (Lipinski definition) is 2. The largest absolute Gasteiger partial charge is 0.512 e. The molecule has 0 saturated carbocycles. The molecule has 3 heteroatoms. The van der Waals surface area contributed by atoms with Crippen LogP contribution in [0.5, 0.6) is 0 Å². The van der Waals surface area contributed by atoms with E-state index in [1.54, 1.807) is 12.1 Å². The van der Waals surface area contributed by atoms with Gasteiger partial charge in [0, 0.05) is 35.1 Å². The van der Waals surface area contributed by atoms with Crippen molar-refractivity contribution >= 4 is 0 Å². The van der Waals surface area contributed by atoms with Gasteiger partial charge in [-0.25, -0.2) is 17.4 Å². The SMILES string of the molecule is CCC(O)=C1C=CC=C1.N#C[c-]1cccc1.[Fe]. The number of aliphatic hydroxyl groups excluding tert-OH is 1. The third-order valence-corrected chi connectivity index (χ3v) is 2.12. The quantitative estimate of drug-likeness (QED) is 0.480. The first-order valence-corrected chi connectivity index (χ1v) is 5.16. The molecule has 1 N–H and O–H groups in total. The van der Waals surface area contributed by atoms with Gasteiger partial charge in [-0.1, -0.05) is 36.8 Å². The molecule has 0 aromatic heterocycles. The Morgan fingerprint density at radius 3 is 2.18 bits per heavy atom. The Balaban J connectivity index is 0.000000292. The van der Waals surface area contributed by atoms with Crippen LogP contribution >= 0.6 is 0 Å². The van der Waals surface area contributed by atoms with Crippen LogP contribution in [0.15, 0.2) is 59.9 Å². The zero-order valence-electron chi connectivity index (χ0n) is 9.57. The Morgan fingerprint density at radius 2 is 1.82 bits per heavy atom. The van der Waals surface area contributed by atoms with Gasteiger partial charge in [-0.3, -0.25) is 0 Å². The summed E-state index contributed by atoms with van der Waals surface area (Å²) in [5, 5.41) is 17.3. The molecule has 1 aliphatic rings. The van der Waals surface area contributed by atoms with Gasteiger partial charge < -0.3 is 5.11 Å². The molecule has 90 valence electrons. The standard InChI is InChI=1S/C8H10O.C6H4N.Fe/c1-2-8(9)7-5-3-4-6-7;7-5-6-3-1-2-4-6;/h3-6,9H,2H2,1H3;1-4H;/q;-1;. The maximum atomic E-state index is 9.13. The van der Waals surface area contributed by atoms with E-state index in [1.807, 2.05) is 49.4 Å². The van der Waals surface area contributed by atoms with Crippen molar-refractivity contribution in [1.82, 2.24) is 0 Å². The molecule has 2 nitrogen and oxygen atoms in total. The van der Waals surface area contributed by atoms with Gasteiger partial charge in [-0.15, -0.1) is 0 Å². The van der Waals surface area contributed by atoms with Crippen LogP contribution in [0.25, 0.3) is 0 Å². The summed E-state index contributed by atoms with van der Waals surface area (Å²) in [7, 11) is 0. The zero-order valence-corrected chi connectivity index (χ0v) is 10.7. The molecule has 1 aliphatic carbocycles. The number of rotatable bonds is 1. The monoisotopic (exact) mass is 268 g/mol. The second kappa shape index (κ2) is 8.52. The van der Waals surface area contributed by atoms with E-state index in [2.05, 4.69) is 0 Å². The van der Waals surface area contributed by atoms with E-state index in [0.29, 0.717) is 12.2 Å². The molecule has 2 rings (SSSR count). The van der Waals surface area contributed by atoms with E-state index in [1.165, 1.54) is 0 Å². The Kier molecular flexibility index (Phi) is 7.71. The van der Waals surface area contributed by atoms with Crippen molar-refractivity contribution < 1.29 is 22.2 Å². The second-order valence-corrected chi connectivity index (χ2v) is 3.26. The first kappa shape index (κ1) is 15.4. The Labute approximate surface area is 112 Å². The molecular formula is C14H14FeNO-. The van der Waals surface area contributed by atoms with Crippen LogP contribution in [0.4, 0.5) is 0 Å². The number of aliphatic hydroxyl groups is 1. The molecule has 17 heavy (non-hydrogen) atoms. The summed E-state index contributed by atoms with van der Waals surface area (Å²) in [5.74, 6) is 0.472. The minimum Gasteiger partial charge on any atom is -0.512 e. The molecule has 0 aliphatic heterocycles. The van der Waals surface area contributed by atoms with E-state index in [4.69, 9.17) is 10.4 Å². The average Bonchev–Trinajstić information content (AvgIpc) is 3.01. The third kappa shape index (κ3) is 5.31. The molecule has 0 fully saturated rings. The molecule has 0 atom stereocenters. The number of hydrogen-bond donors (Lipinski definition) is 1. The van der Waals surface area contributed by atoms with Crippen LogP contribution in [-0.2, 0) is 17.1 Å². The summed E-state index contributed by atoms with van der Waals surface area (Å²) in [6.07, 6.45) is 8.35. The van der Waals surface area contributed by atoms with Gasteiger partial charge in [0.15, 0.2) is 0 Å². The first-order chi connectivity index (χ1) is 7.77. The van der Waals surface area contributed by atoms with Crippen LogP contribution in [0, 0.1) is 11.3 Å². The van der Waals surface area contributed by atoms with Crippen molar-refractivity contribution in [3.8, 4) is 6.07 Å². The van der Waals surface area contributed by atoms with E-state index in [-0.39, 0.29) is 17.1 Å². The molecule has 0 bridgehead atoms. The van der Waals surface area contributed by atoms with Crippen LogP contribution < -0.4 is 0 Å². The van der Waals surface area contributed by atoms with Gasteiger partial charge in [0.2, 0.25) is 0 Å². The molecule has 0 radical (unpaired) electrons. The topological polar surface area (TPSA) is 44.0 Å². The summed E-state index contributed by atoms with van der Waals surface area (Å²) >= 11 is 0. The predicted octanol–water partition coefficient (Wildman–Crippen LogP) is 3.61. The van der Waals surface area contributed by atoms with E-state index < -0.39 is 0 Å². The van der Waals surface area contributed by atoms with Crippen LogP contribution in [-0.4, -0.2) is 5.11 Å². The summed E-state index contributed by atoms with van der Waals surface area (Å²) in [4.78, 5) is 0. The van der Waals surface area contributed by atoms with Crippen molar-refractivity contribution in [1.29, 1.82) is 5.26 Å². The average molecular weight is 268 g/mol. The van der Waals surface area contributed by atoms with E-state index in [9.17, 15) is 0 Å². The molecule has 0 saturated heterocycles. The van der Waals surface area contributed by atoms with Crippen LogP contribution in [0.1, 0.15) is 18.9 Å². The van der Waals surface area contributed by atoms with Gasteiger partial charge in [-0.2, -0.15) is 12.1 Å². The normalized spacial score (nSPS) is 11.2. The minimum absolute atomic E-state index is 0. The molecule has 1 aromatic rings. The summed E-state index contributed by atoms with van der Waals surface area (Å²) in [5.41, 5.74) is 1.68. The van der Waals surface area contributed by atoms with Gasteiger partial charge in [0.1, 0.15) is 0 Å². The summed E-state index contributed by atoms with van der Waals surface area (Å²) in [6, 6.07) is 9.25. The van der Waals surface area contributed by atoms with E-state index >= 15 is 0 Å². The summed E-state index contributed by atoms with van der Waals surface area (Å²) in [6.45, 7) is 1.93. The van der Waals surface area contributed by atoms with Gasteiger partial charge in [0.05, 0.1) is 5.76 Å². The zero-order chi connectivity index (χ0) is 11.8. The Morgan fingerprint density at radius 1 is 1.29 bits per heavy atom. The maximum Gasteiger partial charge on any atom is 0.0991 e. The van der Waals surface area contributed by atoms with Crippen molar-refractivity contribution in [2.45, 2.75) is 13.3 Å². The van der Waals surface area contributed by atoms with Crippen molar-refractivity contribution in [3.63, 3.8) is 0 Å². The first-order valence-electron chi connectivity index (χ1n) is 5.16. The van der Waals surface area contributed by atoms with Crippen molar-refractivity contribution in [3.05, 3.63) is 65.5 Å². The van der Waals surface area contributed by atoms with Crippen LogP contribution in [0.2, 0.25) is 0 Å². The fourth-order valence-electron chi connectivity index (χ4n) is 1.22. The summed E-state index contributed by atoms with van der Waals surface area (Å²) < 4.78 is 0. The number of nitriles is 1. The molecule has 0 spiro atoms. The Bertz CT molecular complexity index is 433. The molecular weight excluding hydrogens is 254 g/mol. The second-order valence-electron chi connectivity index (χ2n) is 3.26. The van der Waals surface area contributed by atoms with Gasteiger partial charge in [-0.05, 0) is 0 Å². The van der Waals surface area contributed by atoms with E-state index in [0.717, 1.165) is 11.1 Å². The molecule has 1 aromatic carbocycles. The molecule has 0 heterocycles. The smallest absolute Gasteiger partial charge is 0.0991 e. The predicted molar refractivity (Wildman–Crippen MR) is 65.0 cm³/mol. The van der Waals surface area contributed by atoms with Crippen molar-refractivity contribution in [2.24, 2.45) is 0 Å². The minimum atomic E-state index is 0. The fraction of sp³-hybridized carbons (Fsp3) is 0.143. The van der Waals surface area contributed by atoms with Gasteiger partial charge >= 0.3 is 0 Å². The number of allylic oxidation sites excluding steroid dienone is 6. The van der Waals surface area contributed by atoms with Gasteiger partial charge in [0.25, 0.3) is 0 Å². The Hall–Kier alpha value is -1.62. The number of nitrogens with zero attached hydrogens (tertiary/aromatic N) is 1. The van der Waals surface area contributed by atoms with Crippen LogP contribution in [0.3, 0.4) is 0 Å². The fourth-order valence-corrected chi connectivity index (χ4v) is 1.22. The molecule has 0 amide bonds. The maximum absolute atomic E-state index is 9.13. The van der Waals surface area contributed by atoms with Crippen molar-refractivity contribution in [2.75, 3.05) is 0 Å². The third-order valence-electron chi connectivity index (χ3n) is 2.12. The molecule has 0 unspecified atom stereocenters.